The molecule has 0 N–H and O–H groups in total. The van der Waals surface area contributed by atoms with Gasteiger partial charge in [0.15, 0.2) is 0 Å². The van der Waals surface area contributed by atoms with Gasteiger partial charge in [0.05, 0.1) is 0 Å². The van der Waals surface area contributed by atoms with Crippen LogP contribution in [0.5, 0.6) is 0 Å². The monoisotopic (exact) mass is 312 g/mol. The summed E-state index contributed by atoms with van der Waals surface area (Å²) in [6.45, 7) is 2.34. The summed E-state index contributed by atoms with van der Waals surface area (Å²) >= 11 is 0. The van der Waals surface area contributed by atoms with E-state index in [-0.39, 0.29) is 0 Å². The third-order valence-corrected chi connectivity index (χ3v) is 5.35. The zero-order chi connectivity index (χ0) is 15.5. The van der Waals surface area contributed by atoms with E-state index in [1.54, 1.807) is 12.4 Å². The third kappa shape index (κ3) is 3.29. The van der Waals surface area contributed by atoms with Gasteiger partial charge < -0.3 is 9.42 Å². The van der Waals surface area contributed by atoms with E-state index in [2.05, 4.69) is 20.0 Å². The van der Waals surface area contributed by atoms with E-state index in [4.69, 9.17) is 4.52 Å². The minimum absolute atomic E-state index is 0.415. The molecule has 2 fully saturated rings. The van der Waals surface area contributed by atoms with Gasteiger partial charge >= 0.3 is 0 Å². The number of hydrogen-bond donors (Lipinski definition) is 0. The van der Waals surface area contributed by atoms with Gasteiger partial charge in [-0.05, 0) is 50.9 Å². The SMILES string of the molecule is c1cc(-c2noc(C3CCN(C4CCCCC4)CC3)n2)ccn1. The molecule has 0 aromatic carbocycles. The standard InChI is InChI=1S/C18H24N4O/c1-2-4-16(5-3-1)22-12-8-15(9-13-22)18-20-17(21-23-18)14-6-10-19-11-7-14/h6-7,10-11,15-16H,1-5,8-9,12-13H2. The largest absolute Gasteiger partial charge is 0.339 e. The molecule has 0 amide bonds. The van der Waals surface area contributed by atoms with Gasteiger partial charge in [0, 0.05) is 29.9 Å². The molecule has 1 aliphatic carbocycles. The highest BCUT2D eigenvalue weighted by Gasteiger charge is 2.29. The summed E-state index contributed by atoms with van der Waals surface area (Å²) in [5, 5.41) is 4.14. The maximum absolute atomic E-state index is 5.54. The van der Waals surface area contributed by atoms with E-state index in [1.807, 2.05) is 12.1 Å². The molecule has 0 spiro atoms. The Balaban J connectivity index is 1.38. The van der Waals surface area contributed by atoms with Gasteiger partial charge in [0.1, 0.15) is 0 Å². The quantitative estimate of drug-likeness (QED) is 0.866. The van der Waals surface area contributed by atoms with Crippen LogP contribution in [0.1, 0.15) is 56.8 Å². The van der Waals surface area contributed by atoms with Gasteiger partial charge in [-0.25, -0.2) is 0 Å². The lowest BCUT2D eigenvalue weighted by Gasteiger charge is -2.38. The number of likely N-dealkylation sites (tertiary alicyclic amines) is 1. The Hall–Kier alpha value is -1.75. The summed E-state index contributed by atoms with van der Waals surface area (Å²) in [5.74, 6) is 1.90. The van der Waals surface area contributed by atoms with Crippen molar-refractivity contribution in [3.05, 3.63) is 30.4 Å². The molecule has 0 unspecified atom stereocenters. The van der Waals surface area contributed by atoms with E-state index in [1.165, 1.54) is 45.2 Å². The Morgan fingerprint density at radius 2 is 1.70 bits per heavy atom. The molecule has 4 rings (SSSR count). The molecular weight excluding hydrogens is 288 g/mol. The lowest BCUT2D eigenvalue weighted by molar-refractivity contribution is 0.115. The molecule has 5 nitrogen and oxygen atoms in total. The molecule has 23 heavy (non-hydrogen) atoms. The van der Waals surface area contributed by atoms with Crippen LogP contribution in [0, 0.1) is 0 Å². The molecule has 2 aromatic heterocycles. The summed E-state index contributed by atoms with van der Waals surface area (Å²) in [7, 11) is 0. The van der Waals surface area contributed by atoms with Crippen molar-refractivity contribution in [2.24, 2.45) is 0 Å². The highest BCUT2D eigenvalue weighted by molar-refractivity contribution is 5.52. The number of aromatic nitrogens is 3. The molecule has 0 radical (unpaired) electrons. The number of nitrogens with zero attached hydrogens (tertiary/aromatic N) is 4. The van der Waals surface area contributed by atoms with Crippen LogP contribution < -0.4 is 0 Å². The number of piperidine rings is 1. The van der Waals surface area contributed by atoms with Crippen molar-refractivity contribution >= 4 is 0 Å². The average Bonchev–Trinajstić information content (AvgIpc) is 3.14. The maximum Gasteiger partial charge on any atom is 0.230 e. The Kier molecular flexibility index (Phi) is 4.37. The van der Waals surface area contributed by atoms with Gasteiger partial charge in [-0.2, -0.15) is 4.98 Å². The van der Waals surface area contributed by atoms with Crippen molar-refractivity contribution in [2.45, 2.75) is 56.9 Å². The summed E-state index contributed by atoms with van der Waals surface area (Å²) in [4.78, 5) is 11.3. The minimum atomic E-state index is 0.415. The van der Waals surface area contributed by atoms with Gasteiger partial charge in [0.25, 0.3) is 0 Å². The topological polar surface area (TPSA) is 55.1 Å². The molecular formula is C18H24N4O. The van der Waals surface area contributed by atoms with Crippen molar-refractivity contribution in [3.63, 3.8) is 0 Å². The zero-order valence-electron chi connectivity index (χ0n) is 13.5. The zero-order valence-corrected chi connectivity index (χ0v) is 13.5. The Morgan fingerprint density at radius 1 is 0.957 bits per heavy atom. The Bertz CT molecular complexity index is 613. The predicted molar refractivity (Wildman–Crippen MR) is 88.0 cm³/mol. The summed E-state index contributed by atoms with van der Waals surface area (Å²) in [6, 6.07) is 4.65. The molecule has 0 atom stereocenters. The van der Waals surface area contributed by atoms with Gasteiger partial charge in [-0.3, -0.25) is 4.98 Å². The van der Waals surface area contributed by atoms with E-state index in [9.17, 15) is 0 Å². The first-order valence-electron chi connectivity index (χ1n) is 8.88. The van der Waals surface area contributed by atoms with Crippen LogP contribution in [0.15, 0.2) is 29.0 Å². The molecule has 122 valence electrons. The van der Waals surface area contributed by atoms with Crippen LogP contribution in [-0.2, 0) is 0 Å². The fraction of sp³-hybridized carbons (Fsp3) is 0.611. The van der Waals surface area contributed by atoms with Gasteiger partial charge in [0.2, 0.25) is 11.7 Å². The molecule has 3 heterocycles. The fourth-order valence-corrected chi connectivity index (χ4v) is 3.98. The normalized spacial score (nSPS) is 21.6. The van der Waals surface area contributed by atoms with E-state index in [0.717, 1.165) is 30.3 Å². The van der Waals surface area contributed by atoms with Crippen molar-refractivity contribution in [1.29, 1.82) is 0 Å². The van der Waals surface area contributed by atoms with Crippen LogP contribution in [0.2, 0.25) is 0 Å². The molecule has 5 heteroatoms. The van der Waals surface area contributed by atoms with E-state index in [0.29, 0.717) is 11.7 Å². The summed E-state index contributed by atoms with van der Waals surface area (Å²) in [6.07, 6.45) is 12.8. The summed E-state index contributed by atoms with van der Waals surface area (Å²) < 4.78 is 5.54. The molecule has 2 aromatic rings. The highest BCUT2D eigenvalue weighted by atomic mass is 16.5. The molecule has 2 aliphatic rings. The second-order valence-corrected chi connectivity index (χ2v) is 6.79. The van der Waals surface area contributed by atoms with Gasteiger partial charge in [-0.15, -0.1) is 0 Å². The number of pyridine rings is 1. The van der Waals surface area contributed by atoms with Crippen molar-refractivity contribution in [3.8, 4) is 11.4 Å². The molecule has 1 saturated heterocycles. The van der Waals surface area contributed by atoms with Crippen molar-refractivity contribution in [2.75, 3.05) is 13.1 Å². The Labute approximate surface area is 137 Å². The van der Waals surface area contributed by atoms with Gasteiger partial charge in [-0.1, -0.05) is 24.4 Å². The van der Waals surface area contributed by atoms with Crippen LogP contribution in [-0.4, -0.2) is 39.2 Å². The maximum atomic E-state index is 5.54. The van der Waals surface area contributed by atoms with E-state index < -0.39 is 0 Å². The van der Waals surface area contributed by atoms with E-state index >= 15 is 0 Å². The number of rotatable bonds is 3. The molecule has 1 saturated carbocycles. The lowest BCUT2D eigenvalue weighted by atomic mass is 9.90. The van der Waals surface area contributed by atoms with Crippen molar-refractivity contribution in [1.82, 2.24) is 20.0 Å². The first-order valence-corrected chi connectivity index (χ1v) is 8.88. The Morgan fingerprint density at radius 3 is 2.43 bits per heavy atom. The molecule has 0 bridgehead atoms. The third-order valence-electron chi connectivity index (χ3n) is 5.35. The van der Waals surface area contributed by atoms with Crippen LogP contribution in [0.25, 0.3) is 11.4 Å². The molecule has 1 aliphatic heterocycles. The highest BCUT2D eigenvalue weighted by Crippen LogP contribution is 2.32. The predicted octanol–water partition coefficient (Wildman–Crippen LogP) is 3.64. The van der Waals surface area contributed by atoms with Crippen LogP contribution in [0.3, 0.4) is 0 Å². The second kappa shape index (κ2) is 6.79. The fourth-order valence-electron chi connectivity index (χ4n) is 3.98. The minimum Gasteiger partial charge on any atom is -0.339 e. The summed E-state index contributed by atoms with van der Waals surface area (Å²) in [5.41, 5.74) is 0.967. The lowest BCUT2D eigenvalue weighted by Crippen LogP contribution is -2.41. The first-order chi connectivity index (χ1) is 11.4. The smallest absolute Gasteiger partial charge is 0.230 e. The second-order valence-electron chi connectivity index (χ2n) is 6.79. The van der Waals surface area contributed by atoms with Crippen LogP contribution in [0.4, 0.5) is 0 Å². The van der Waals surface area contributed by atoms with Crippen LogP contribution >= 0.6 is 0 Å². The number of hydrogen-bond acceptors (Lipinski definition) is 5. The van der Waals surface area contributed by atoms with Crippen molar-refractivity contribution < 1.29 is 4.52 Å². The first kappa shape index (κ1) is 14.8. The average molecular weight is 312 g/mol.